The maximum Gasteiger partial charge on any atom is 0.171 e. The number of hydrogen-bond donors (Lipinski definition) is 0. The average molecular weight is 301 g/mol. The maximum absolute atomic E-state index is 12.0. The van der Waals surface area contributed by atoms with Crippen molar-refractivity contribution in [2.45, 2.75) is 20.3 Å². The molecule has 0 N–H and O–H groups in total. The van der Waals surface area contributed by atoms with Crippen molar-refractivity contribution in [1.82, 2.24) is 0 Å². The first-order chi connectivity index (χ1) is 8.24. The summed E-state index contributed by atoms with van der Waals surface area (Å²) in [5.74, 6) is 1.24. The molecule has 17 heavy (non-hydrogen) atoms. The van der Waals surface area contributed by atoms with E-state index in [4.69, 9.17) is 9.47 Å². The van der Waals surface area contributed by atoms with Crippen molar-refractivity contribution in [2.75, 3.05) is 18.5 Å². The number of halogens is 1. The van der Waals surface area contributed by atoms with E-state index in [1.807, 2.05) is 19.9 Å². The second-order valence-electron chi connectivity index (χ2n) is 3.36. The Morgan fingerprint density at radius 1 is 1.18 bits per heavy atom. The summed E-state index contributed by atoms with van der Waals surface area (Å²) >= 11 is 3.27. The summed E-state index contributed by atoms with van der Waals surface area (Å²) in [6, 6.07) is 5.43. The number of ketones is 1. The molecule has 0 unspecified atom stereocenters. The largest absolute Gasteiger partial charge is 0.493 e. The van der Waals surface area contributed by atoms with Gasteiger partial charge >= 0.3 is 0 Å². The van der Waals surface area contributed by atoms with Gasteiger partial charge in [0.25, 0.3) is 0 Å². The van der Waals surface area contributed by atoms with Crippen LogP contribution in [0, 0.1) is 0 Å². The van der Waals surface area contributed by atoms with E-state index in [2.05, 4.69) is 15.9 Å². The van der Waals surface area contributed by atoms with Gasteiger partial charge < -0.3 is 9.47 Å². The van der Waals surface area contributed by atoms with Gasteiger partial charge in [0.15, 0.2) is 5.78 Å². The molecule has 4 heteroatoms. The average Bonchev–Trinajstić information content (AvgIpc) is 2.30. The molecule has 1 aromatic rings. The number of ether oxygens (including phenoxy) is 2. The standard InChI is InChI=1S/C13H17BrO3/c1-3-16-11-6-5-7-12(17-4-2)13(11)10(15)8-9-14/h5-7H,3-4,8-9H2,1-2H3. The number of hydrogen-bond acceptors (Lipinski definition) is 3. The van der Waals surface area contributed by atoms with E-state index >= 15 is 0 Å². The summed E-state index contributed by atoms with van der Waals surface area (Å²) in [4.78, 5) is 12.0. The van der Waals surface area contributed by atoms with Crippen molar-refractivity contribution in [1.29, 1.82) is 0 Å². The van der Waals surface area contributed by atoms with Gasteiger partial charge in [-0.25, -0.2) is 0 Å². The molecule has 0 amide bonds. The van der Waals surface area contributed by atoms with E-state index in [-0.39, 0.29) is 5.78 Å². The third-order valence-electron chi connectivity index (χ3n) is 2.19. The van der Waals surface area contributed by atoms with Gasteiger partial charge in [-0.1, -0.05) is 22.0 Å². The molecule has 0 saturated carbocycles. The van der Waals surface area contributed by atoms with E-state index in [1.54, 1.807) is 12.1 Å². The van der Waals surface area contributed by atoms with Crippen molar-refractivity contribution in [2.24, 2.45) is 0 Å². The van der Waals surface area contributed by atoms with Crippen LogP contribution in [0.4, 0.5) is 0 Å². The molecule has 0 aliphatic carbocycles. The van der Waals surface area contributed by atoms with Gasteiger partial charge in [-0.2, -0.15) is 0 Å². The van der Waals surface area contributed by atoms with Crippen molar-refractivity contribution in [3.8, 4) is 11.5 Å². The highest BCUT2D eigenvalue weighted by Gasteiger charge is 2.17. The van der Waals surface area contributed by atoms with Crippen LogP contribution in [0.2, 0.25) is 0 Å². The molecule has 0 aliphatic heterocycles. The minimum atomic E-state index is 0.0365. The van der Waals surface area contributed by atoms with Crippen LogP contribution in [-0.2, 0) is 0 Å². The number of alkyl halides is 1. The van der Waals surface area contributed by atoms with Crippen LogP contribution >= 0.6 is 15.9 Å². The number of rotatable bonds is 7. The lowest BCUT2D eigenvalue weighted by molar-refractivity contribution is 0.0982. The molecular formula is C13H17BrO3. The van der Waals surface area contributed by atoms with Crippen LogP contribution in [0.3, 0.4) is 0 Å². The number of carbonyl (C=O) groups excluding carboxylic acids is 1. The summed E-state index contributed by atoms with van der Waals surface area (Å²) in [5, 5.41) is 0.637. The van der Waals surface area contributed by atoms with Crippen LogP contribution in [-0.4, -0.2) is 24.3 Å². The molecule has 0 aliphatic rings. The quantitative estimate of drug-likeness (QED) is 0.571. The molecule has 0 heterocycles. The minimum absolute atomic E-state index is 0.0365. The molecule has 3 nitrogen and oxygen atoms in total. The monoisotopic (exact) mass is 300 g/mol. The van der Waals surface area contributed by atoms with Gasteiger partial charge in [0.2, 0.25) is 0 Å². The molecule has 0 radical (unpaired) electrons. The lowest BCUT2D eigenvalue weighted by Gasteiger charge is -2.13. The van der Waals surface area contributed by atoms with Gasteiger partial charge in [-0.05, 0) is 26.0 Å². The predicted molar refractivity (Wildman–Crippen MR) is 71.5 cm³/mol. The molecule has 1 rings (SSSR count). The van der Waals surface area contributed by atoms with Gasteiger partial charge in [0, 0.05) is 11.8 Å². The topological polar surface area (TPSA) is 35.5 Å². The van der Waals surface area contributed by atoms with E-state index in [9.17, 15) is 4.79 Å². The first kappa shape index (κ1) is 14.0. The first-order valence-corrected chi connectivity index (χ1v) is 6.84. The van der Waals surface area contributed by atoms with E-state index in [0.29, 0.717) is 42.0 Å². The first-order valence-electron chi connectivity index (χ1n) is 5.72. The summed E-state index contributed by atoms with van der Waals surface area (Å²) in [6.45, 7) is 4.85. The fourth-order valence-electron chi connectivity index (χ4n) is 1.55. The Kier molecular flexibility index (Phi) is 6.05. The minimum Gasteiger partial charge on any atom is -0.493 e. The summed E-state index contributed by atoms with van der Waals surface area (Å²) in [6.07, 6.45) is 0.435. The Morgan fingerprint density at radius 2 is 1.71 bits per heavy atom. The molecule has 0 saturated heterocycles. The highest BCUT2D eigenvalue weighted by molar-refractivity contribution is 9.09. The van der Waals surface area contributed by atoms with Crippen LogP contribution < -0.4 is 9.47 Å². The zero-order valence-corrected chi connectivity index (χ0v) is 11.7. The Bertz CT molecular complexity index is 353. The zero-order chi connectivity index (χ0) is 12.7. The Balaban J connectivity index is 3.12. The zero-order valence-electron chi connectivity index (χ0n) is 10.2. The van der Waals surface area contributed by atoms with E-state index < -0.39 is 0 Å². The molecule has 0 aromatic heterocycles. The molecule has 0 spiro atoms. The van der Waals surface area contributed by atoms with Gasteiger partial charge in [-0.3, -0.25) is 4.79 Å². The van der Waals surface area contributed by atoms with Crippen LogP contribution in [0.15, 0.2) is 18.2 Å². The highest BCUT2D eigenvalue weighted by atomic mass is 79.9. The Hall–Kier alpha value is -1.03. The lowest BCUT2D eigenvalue weighted by Crippen LogP contribution is -2.08. The van der Waals surface area contributed by atoms with Crippen molar-refractivity contribution >= 4 is 21.7 Å². The van der Waals surface area contributed by atoms with Crippen molar-refractivity contribution in [3.05, 3.63) is 23.8 Å². The summed E-state index contributed by atoms with van der Waals surface area (Å²) < 4.78 is 11.0. The van der Waals surface area contributed by atoms with Gasteiger partial charge in [0.05, 0.1) is 13.2 Å². The normalized spacial score (nSPS) is 10.1. The van der Waals surface area contributed by atoms with Crippen molar-refractivity contribution in [3.63, 3.8) is 0 Å². The smallest absolute Gasteiger partial charge is 0.171 e. The van der Waals surface area contributed by atoms with Crippen LogP contribution in [0.25, 0.3) is 0 Å². The summed E-state index contributed by atoms with van der Waals surface area (Å²) in [5.41, 5.74) is 0.552. The lowest BCUT2D eigenvalue weighted by atomic mass is 10.1. The fourth-order valence-corrected chi connectivity index (χ4v) is 1.91. The second kappa shape index (κ2) is 7.33. The second-order valence-corrected chi connectivity index (χ2v) is 4.15. The number of benzene rings is 1. The van der Waals surface area contributed by atoms with E-state index in [0.717, 1.165) is 0 Å². The molecule has 0 bridgehead atoms. The fraction of sp³-hybridized carbons (Fsp3) is 0.462. The summed E-state index contributed by atoms with van der Waals surface area (Å²) in [7, 11) is 0. The maximum atomic E-state index is 12.0. The highest BCUT2D eigenvalue weighted by Crippen LogP contribution is 2.30. The Morgan fingerprint density at radius 3 is 2.12 bits per heavy atom. The number of Topliss-reactive ketones (excluding diaryl/α,β-unsaturated/α-hetero) is 1. The van der Waals surface area contributed by atoms with Crippen LogP contribution in [0.5, 0.6) is 11.5 Å². The molecule has 1 aromatic carbocycles. The third-order valence-corrected chi connectivity index (χ3v) is 2.58. The van der Waals surface area contributed by atoms with E-state index in [1.165, 1.54) is 0 Å². The molecular weight excluding hydrogens is 284 g/mol. The molecule has 94 valence electrons. The number of carbonyl (C=O) groups is 1. The molecule has 0 atom stereocenters. The van der Waals surface area contributed by atoms with Gasteiger partial charge in [-0.15, -0.1) is 0 Å². The molecule has 0 fully saturated rings. The third kappa shape index (κ3) is 3.73. The van der Waals surface area contributed by atoms with Gasteiger partial charge in [0.1, 0.15) is 17.1 Å². The predicted octanol–water partition coefficient (Wildman–Crippen LogP) is 3.45. The Labute approximate surface area is 110 Å². The van der Waals surface area contributed by atoms with Crippen molar-refractivity contribution < 1.29 is 14.3 Å². The van der Waals surface area contributed by atoms with Crippen LogP contribution in [0.1, 0.15) is 30.6 Å². The SMILES string of the molecule is CCOc1cccc(OCC)c1C(=O)CCBr.